The van der Waals surface area contributed by atoms with Gasteiger partial charge in [-0.15, -0.1) is 0 Å². The van der Waals surface area contributed by atoms with Crippen LogP contribution in [-0.4, -0.2) is 31.2 Å². The molecule has 0 bridgehead atoms. The fourth-order valence-corrected chi connectivity index (χ4v) is 2.80. The summed E-state index contributed by atoms with van der Waals surface area (Å²) >= 11 is 1.67. The number of hydrogen-bond donors (Lipinski definition) is 1. The van der Waals surface area contributed by atoms with Gasteiger partial charge in [-0.1, -0.05) is 0 Å². The van der Waals surface area contributed by atoms with Crippen LogP contribution in [0.5, 0.6) is 11.8 Å². The molecule has 2 heterocycles. The highest BCUT2D eigenvalue weighted by Gasteiger charge is 2.22. The van der Waals surface area contributed by atoms with Crippen molar-refractivity contribution in [2.24, 2.45) is 0 Å². The Hall–Kier alpha value is -1.66. The number of thiophene rings is 1. The number of rotatable bonds is 5. The maximum absolute atomic E-state index is 5.32. The van der Waals surface area contributed by atoms with Gasteiger partial charge in [0.15, 0.2) is 0 Å². The molecule has 19 heavy (non-hydrogen) atoms. The first-order chi connectivity index (χ1) is 9.21. The van der Waals surface area contributed by atoms with Crippen LogP contribution in [0.15, 0.2) is 17.0 Å². The first-order valence-corrected chi connectivity index (χ1v) is 6.80. The van der Waals surface area contributed by atoms with Crippen molar-refractivity contribution in [1.29, 1.82) is 0 Å². The van der Waals surface area contributed by atoms with Crippen molar-refractivity contribution in [3.8, 4) is 11.8 Å². The molecule has 2 aromatic heterocycles. The van der Waals surface area contributed by atoms with Crippen LogP contribution in [-0.2, 0) is 0 Å². The number of hydrogen-bond acceptors (Lipinski definition) is 6. The van der Waals surface area contributed by atoms with Crippen LogP contribution in [0.25, 0.3) is 0 Å². The molecule has 102 valence electrons. The fraction of sp³-hybridized carbons (Fsp3) is 0.385. The molecule has 5 nitrogen and oxygen atoms in total. The van der Waals surface area contributed by atoms with Gasteiger partial charge in [0, 0.05) is 0 Å². The summed E-state index contributed by atoms with van der Waals surface area (Å²) in [5, 5.41) is 7.48. The Labute approximate surface area is 116 Å². The molecule has 0 aliphatic heterocycles. The van der Waals surface area contributed by atoms with Crippen molar-refractivity contribution in [3.63, 3.8) is 0 Å². The van der Waals surface area contributed by atoms with Gasteiger partial charge < -0.3 is 14.8 Å². The van der Waals surface area contributed by atoms with Crippen LogP contribution in [0.2, 0.25) is 0 Å². The summed E-state index contributed by atoms with van der Waals surface area (Å²) in [6.07, 6.45) is 1.60. The van der Waals surface area contributed by atoms with E-state index in [1.807, 2.05) is 7.05 Å². The second-order valence-electron chi connectivity index (χ2n) is 4.04. The highest BCUT2D eigenvalue weighted by atomic mass is 32.1. The van der Waals surface area contributed by atoms with E-state index in [-0.39, 0.29) is 6.04 Å². The number of aryl methyl sites for hydroxylation is 1. The Morgan fingerprint density at radius 3 is 2.58 bits per heavy atom. The van der Waals surface area contributed by atoms with Crippen LogP contribution in [0, 0.1) is 6.92 Å². The lowest BCUT2D eigenvalue weighted by atomic mass is 10.0. The van der Waals surface area contributed by atoms with Gasteiger partial charge in [0.25, 0.3) is 0 Å². The van der Waals surface area contributed by atoms with Gasteiger partial charge in [-0.05, 0) is 35.9 Å². The maximum atomic E-state index is 5.32. The number of nitrogens with one attached hydrogen (secondary N) is 1. The lowest BCUT2D eigenvalue weighted by Gasteiger charge is -2.18. The third-order valence-electron chi connectivity index (χ3n) is 2.92. The lowest BCUT2D eigenvalue weighted by molar-refractivity contribution is 0.353. The summed E-state index contributed by atoms with van der Waals surface area (Å²) in [6.45, 7) is 2.08. The highest BCUT2D eigenvalue weighted by molar-refractivity contribution is 7.08. The molecule has 2 rings (SSSR count). The zero-order valence-corrected chi connectivity index (χ0v) is 12.2. The van der Waals surface area contributed by atoms with Crippen LogP contribution >= 0.6 is 11.3 Å². The summed E-state index contributed by atoms with van der Waals surface area (Å²) in [5.41, 5.74) is 3.17. The van der Waals surface area contributed by atoms with E-state index in [0.717, 1.165) is 5.69 Å². The summed E-state index contributed by atoms with van der Waals surface area (Å²) < 4.78 is 10.4. The second-order valence-corrected chi connectivity index (χ2v) is 4.78. The van der Waals surface area contributed by atoms with E-state index < -0.39 is 0 Å². The summed E-state index contributed by atoms with van der Waals surface area (Å²) in [7, 11) is 5.04. The minimum Gasteiger partial charge on any atom is -0.480 e. The smallest absolute Gasteiger partial charge is 0.240 e. The molecular formula is C13H17N3O2S. The van der Waals surface area contributed by atoms with Crippen LogP contribution < -0.4 is 14.8 Å². The van der Waals surface area contributed by atoms with E-state index in [1.54, 1.807) is 31.8 Å². The zero-order valence-electron chi connectivity index (χ0n) is 11.4. The fourth-order valence-electron chi connectivity index (χ4n) is 1.92. The molecule has 0 saturated heterocycles. The first kappa shape index (κ1) is 13.8. The van der Waals surface area contributed by atoms with Crippen LogP contribution in [0.4, 0.5) is 0 Å². The highest BCUT2D eigenvalue weighted by Crippen LogP contribution is 2.31. The van der Waals surface area contributed by atoms with E-state index in [0.29, 0.717) is 11.8 Å². The van der Waals surface area contributed by atoms with Gasteiger partial charge in [0.05, 0.1) is 26.5 Å². The molecule has 0 aliphatic rings. The molecular weight excluding hydrogens is 262 g/mol. The third kappa shape index (κ3) is 2.69. The largest absolute Gasteiger partial charge is 0.480 e. The van der Waals surface area contributed by atoms with Gasteiger partial charge >= 0.3 is 0 Å². The molecule has 0 saturated carbocycles. The van der Waals surface area contributed by atoms with Crippen molar-refractivity contribution in [3.05, 3.63) is 33.8 Å². The molecule has 2 aromatic rings. The molecule has 0 aromatic carbocycles. The standard InChI is InChI=1S/C13H17N3O2S/c1-8-6-19-7-9(8)11(14-2)12-13(18-4)16-10(17-3)5-15-12/h5-7,11,14H,1-4H3. The average molecular weight is 279 g/mol. The van der Waals surface area contributed by atoms with Gasteiger partial charge in [-0.3, -0.25) is 0 Å². The van der Waals surface area contributed by atoms with Gasteiger partial charge in [0.1, 0.15) is 5.69 Å². The van der Waals surface area contributed by atoms with Crippen molar-refractivity contribution >= 4 is 11.3 Å². The van der Waals surface area contributed by atoms with Gasteiger partial charge in [-0.2, -0.15) is 16.3 Å². The molecule has 0 aliphatic carbocycles. The maximum Gasteiger partial charge on any atom is 0.240 e. The summed E-state index contributed by atoms with van der Waals surface area (Å²) in [5.74, 6) is 0.918. The second kappa shape index (κ2) is 5.99. The van der Waals surface area contributed by atoms with Crippen molar-refractivity contribution < 1.29 is 9.47 Å². The first-order valence-electron chi connectivity index (χ1n) is 5.86. The number of aromatic nitrogens is 2. The summed E-state index contributed by atoms with van der Waals surface area (Å²) in [6, 6.07) is -0.0420. The number of nitrogens with zero attached hydrogens (tertiary/aromatic N) is 2. The van der Waals surface area contributed by atoms with Gasteiger partial charge in [0.2, 0.25) is 11.8 Å². The zero-order chi connectivity index (χ0) is 13.8. The Balaban J connectivity index is 2.46. The van der Waals surface area contributed by atoms with E-state index >= 15 is 0 Å². The monoisotopic (exact) mass is 279 g/mol. The Kier molecular flexibility index (Phi) is 4.34. The Morgan fingerprint density at radius 2 is 2.05 bits per heavy atom. The normalized spacial score (nSPS) is 12.2. The van der Waals surface area contributed by atoms with Crippen molar-refractivity contribution in [1.82, 2.24) is 15.3 Å². The molecule has 6 heteroatoms. The van der Waals surface area contributed by atoms with Gasteiger partial charge in [-0.25, -0.2) is 4.98 Å². The molecule has 1 N–H and O–H groups in total. The molecule has 0 spiro atoms. The van der Waals surface area contributed by atoms with E-state index in [4.69, 9.17) is 9.47 Å². The SMILES string of the molecule is CNC(c1cscc1C)c1ncc(OC)nc1OC. The quantitative estimate of drug-likeness (QED) is 0.909. The minimum absolute atomic E-state index is 0.0420. The number of methoxy groups -OCH3 is 2. The average Bonchev–Trinajstić information content (AvgIpc) is 2.86. The van der Waals surface area contributed by atoms with Crippen LogP contribution in [0.1, 0.15) is 22.9 Å². The van der Waals surface area contributed by atoms with E-state index in [2.05, 4.69) is 33.0 Å². The van der Waals surface area contributed by atoms with Crippen molar-refractivity contribution in [2.75, 3.05) is 21.3 Å². The van der Waals surface area contributed by atoms with Crippen LogP contribution in [0.3, 0.4) is 0 Å². The molecule has 0 radical (unpaired) electrons. The molecule has 0 amide bonds. The predicted octanol–water partition coefficient (Wildman–Crippen LogP) is 2.17. The summed E-state index contributed by atoms with van der Waals surface area (Å²) in [4.78, 5) is 8.69. The third-order valence-corrected chi connectivity index (χ3v) is 3.80. The van der Waals surface area contributed by atoms with E-state index in [9.17, 15) is 0 Å². The molecule has 0 fully saturated rings. The lowest BCUT2D eigenvalue weighted by Crippen LogP contribution is -2.20. The molecule has 1 atom stereocenters. The minimum atomic E-state index is -0.0420. The Morgan fingerprint density at radius 1 is 1.26 bits per heavy atom. The van der Waals surface area contributed by atoms with E-state index in [1.165, 1.54) is 11.1 Å². The van der Waals surface area contributed by atoms with Crippen molar-refractivity contribution in [2.45, 2.75) is 13.0 Å². The predicted molar refractivity (Wildman–Crippen MR) is 75.1 cm³/mol. The topological polar surface area (TPSA) is 56.3 Å². The Bertz CT molecular complexity index is 557. The molecule has 1 unspecified atom stereocenters. The number of ether oxygens (including phenoxy) is 2.